The largest absolute Gasteiger partial charge is 0.481 e. The Kier molecular flexibility index (Phi) is 9.77. The van der Waals surface area contributed by atoms with Gasteiger partial charge in [-0.2, -0.15) is 5.10 Å². The van der Waals surface area contributed by atoms with Gasteiger partial charge in [-0.05, 0) is 55.9 Å². The molecule has 0 saturated carbocycles. The normalized spacial score (nSPS) is 13.8. The molecule has 0 aliphatic carbocycles. The molecule has 0 unspecified atom stereocenters. The number of aryl methyl sites for hydroxylation is 1. The Balaban J connectivity index is 1.19. The van der Waals surface area contributed by atoms with Gasteiger partial charge in [-0.3, -0.25) is 4.90 Å². The van der Waals surface area contributed by atoms with Crippen LogP contribution >= 0.6 is 0 Å². The van der Waals surface area contributed by atoms with Crippen LogP contribution in [0.2, 0.25) is 0 Å². The molecule has 272 valence electrons. The van der Waals surface area contributed by atoms with Crippen molar-refractivity contribution in [3.05, 3.63) is 65.1 Å². The number of piperidine rings is 1. The van der Waals surface area contributed by atoms with Crippen LogP contribution in [0.5, 0.6) is 23.5 Å². The lowest BCUT2D eigenvalue weighted by atomic mass is 9.95. The quantitative estimate of drug-likeness (QED) is 0.175. The van der Waals surface area contributed by atoms with Crippen LogP contribution in [0.3, 0.4) is 0 Å². The van der Waals surface area contributed by atoms with Crippen LogP contribution in [-0.4, -0.2) is 97.0 Å². The van der Waals surface area contributed by atoms with Gasteiger partial charge < -0.3 is 28.8 Å². The van der Waals surface area contributed by atoms with Gasteiger partial charge in [0.2, 0.25) is 23.5 Å². The molecule has 0 spiro atoms. The first-order chi connectivity index (χ1) is 25.3. The van der Waals surface area contributed by atoms with E-state index in [1.807, 2.05) is 4.52 Å². The highest BCUT2D eigenvalue weighted by molar-refractivity contribution is 5.90. The molecule has 1 N–H and O–H groups in total. The number of methoxy groups -OCH3 is 4. The number of nitrogens with one attached hydrogen (secondary N) is 1. The fraction of sp³-hybridized carbons (Fsp3) is 0.432. The second kappa shape index (κ2) is 14.6. The number of anilines is 1. The fourth-order valence-electron chi connectivity index (χ4n) is 7.40. The van der Waals surface area contributed by atoms with Crippen molar-refractivity contribution in [2.45, 2.75) is 65.6 Å². The number of hydrogen-bond acceptors (Lipinski definition) is 13. The summed E-state index contributed by atoms with van der Waals surface area (Å²) in [5.74, 6) is 3.07. The van der Waals surface area contributed by atoms with Gasteiger partial charge in [0.25, 0.3) is 0 Å². The number of pyridine rings is 2. The summed E-state index contributed by atoms with van der Waals surface area (Å²) in [5, 5.41) is 4.44. The third kappa shape index (κ3) is 6.29. The van der Waals surface area contributed by atoms with Gasteiger partial charge in [-0.1, -0.05) is 13.8 Å². The monoisotopic (exact) mass is 707 g/mol. The molecule has 15 heteroatoms. The maximum Gasteiger partial charge on any atom is 0.224 e. The van der Waals surface area contributed by atoms with E-state index in [2.05, 4.69) is 90.8 Å². The number of aromatic amines is 1. The van der Waals surface area contributed by atoms with Crippen molar-refractivity contribution in [2.24, 2.45) is 0 Å². The molecule has 7 rings (SSSR count). The number of ether oxygens (including phenoxy) is 4. The lowest BCUT2D eigenvalue weighted by molar-refractivity contribution is 0.144. The molecule has 1 saturated heterocycles. The van der Waals surface area contributed by atoms with E-state index >= 15 is 0 Å². The highest BCUT2D eigenvalue weighted by Gasteiger charge is 2.31. The van der Waals surface area contributed by atoms with Crippen LogP contribution in [0.4, 0.5) is 5.82 Å². The van der Waals surface area contributed by atoms with E-state index in [4.69, 9.17) is 23.9 Å². The van der Waals surface area contributed by atoms with Crippen molar-refractivity contribution in [1.82, 2.24) is 49.4 Å². The van der Waals surface area contributed by atoms with Crippen molar-refractivity contribution in [2.75, 3.05) is 46.4 Å². The van der Waals surface area contributed by atoms with Gasteiger partial charge >= 0.3 is 0 Å². The van der Waals surface area contributed by atoms with E-state index in [-0.39, 0.29) is 12.0 Å². The molecule has 0 aromatic carbocycles. The topological polar surface area (TPSA) is 154 Å². The Morgan fingerprint density at radius 1 is 0.788 bits per heavy atom. The van der Waals surface area contributed by atoms with E-state index in [9.17, 15) is 0 Å². The van der Waals surface area contributed by atoms with Gasteiger partial charge in [0.15, 0.2) is 5.65 Å². The van der Waals surface area contributed by atoms with E-state index < -0.39 is 0 Å². The van der Waals surface area contributed by atoms with Gasteiger partial charge in [0.05, 0.1) is 56.3 Å². The van der Waals surface area contributed by atoms with Crippen LogP contribution in [-0.2, 0) is 13.1 Å². The highest BCUT2D eigenvalue weighted by Crippen LogP contribution is 2.39. The molecule has 0 radical (unpaired) electrons. The van der Waals surface area contributed by atoms with Gasteiger partial charge in [-0.15, -0.1) is 0 Å². The average Bonchev–Trinajstić information content (AvgIpc) is 3.81. The second-order valence-corrected chi connectivity index (χ2v) is 13.3. The SMILES string of the molecule is COc1ncnc(OC)c1CN(Cc1c(OC)ncnc1OC)C1CCN(c2ccc3[nH]c(-c4cn5ncnc5c(C)c4C)c(C(C)C)c3n2)CC1. The van der Waals surface area contributed by atoms with Crippen molar-refractivity contribution in [3.8, 4) is 34.8 Å². The van der Waals surface area contributed by atoms with Gasteiger partial charge in [-0.25, -0.2) is 34.4 Å². The van der Waals surface area contributed by atoms with E-state index in [0.29, 0.717) is 36.6 Å². The summed E-state index contributed by atoms with van der Waals surface area (Å²) in [7, 11) is 6.41. The Hall–Kier alpha value is -5.57. The second-order valence-electron chi connectivity index (χ2n) is 13.3. The zero-order chi connectivity index (χ0) is 36.5. The van der Waals surface area contributed by atoms with Crippen LogP contribution in [0.15, 0.2) is 37.3 Å². The Morgan fingerprint density at radius 2 is 1.37 bits per heavy atom. The Morgan fingerprint density at radius 3 is 1.90 bits per heavy atom. The number of rotatable bonds is 12. The van der Waals surface area contributed by atoms with Gasteiger partial charge in [0, 0.05) is 49.5 Å². The predicted molar refractivity (Wildman–Crippen MR) is 196 cm³/mol. The summed E-state index contributed by atoms with van der Waals surface area (Å²) < 4.78 is 24.5. The molecule has 6 aromatic rings. The van der Waals surface area contributed by atoms with E-state index in [1.165, 1.54) is 23.8 Å². The molecule has 0 bridgehead atoms. The number of nitrogens with zero attached hydrogens (tertiary/aromatic N) is 10. The first-order valence-corrected chi connectivity index (χ1v) is 17.4. The highest BCUT2D eigenvalue weighted by atomic mass is 16.5. The summed E-state index contributed by atoms with van der Waals surface area (Å²) in [6.45, 7) is 11.3. The zero-order valence-corrected chi connectivity index (χ0v) is 31.0. The third-order valence-electron chi connectivity index (χ3n) is 10.2. The summed E-state index contributed by atoms with van der Waals surface area (Å²) in [4.78, 5) is 35.7. The predicted octanol–water partition coefficient (Wildman–Crippen LogP) is 5.30. The molecule has 0 amide bonds. The number of fused-ring (bicyclic) bond motifs is 2. The lowest BCUT2D eigenvalue weighted by Crippen LogP contribution is -2.45. The molecule has 52 heavy (non-hydrogen) atoms. The molecular formula is C37H45N11O4. The smallest absolute Gasteiger partial charge is 0.224 e. The maximum absolute atomic E-state index is 5.65. The average molecular weight is 708 g/mol. The van der Waals surface area contributed by atoms with E-state index in [0.717, 1.165) is 76.4 Å². The Labute approximate surface area is 302 Å². The summed E-state index contributed by atoms with van der Waals surface area (Å²) in [6.07, 6.45) is 8.31. The molecule has 1 fully saturated rings. The Bertz CT molecular complexity index is 2110. The van der Waals surface area contributed by atoms with Crippen LogP contribution in [0.1, 0.15) is 60.4 Å². The van der Waals surface area contributed by atoms with Crippen LogP contribution < -0.4 is 23.8 Å². The number of aromatic nitrogens is 9. The minimum Gasteiger partial charge on any atom is -0.481 e. The fourth-order valence-corrected chi connectivity index (χ4v) is 7.40. The minimum atomic E-state index is 0.173. The molecular weight excluding hydrogens is 662 g/mol. The summed E-state index contributed by atoms with van der Waals surface area (Å²) in [5.41, 5.74) is 10.1. The zero-order valence-electron chi connectivity index (χ0n) is 31.0. The first-order valence-electron chi connectivity index (χ1n) is 17.4. The molecule has 15 nitrogen and oxygen atoms in total. The molecule has 1 aliphatic rings. The van der Waals surface area contributed by atoms with Crippen LogP contribution in [0.25, 0.3) is 27.9 Å². The third-order valence-corrected chi connectivity index (χ3v) is 10.2. The summed E-state index contributed by atoms with van der Waals surface area (Å²) in [6, 6.07) is 4.45. The first kappa shape index (κ1) is 34.9. The number of hydrogen-bond donors (Lipinski definition) is 1. The molecule has 1 aliphatic heterocycles. The molecule has 6 aromatic heterocycles. The van der Waals surface area contributed by atoms with E-state index in [1.54, 1.807) is 34.8 Å². The van der Waals surface area contributed by atoms with Crippen molar-refractivity contribution in [3.63, 3.8) is 0 Å². The van der Waals surface area contributed by atoms with Crippen molar-refractivity contribution < 1.29 is 18.9 Å². The summed E-state index contributed by atoms with van der Waals surface area (Å²) >= 11 is 0. The standard InChI is InChI=1S/C37H45N11O4/c1-21(2)30-31(25-17-48-33(38-20-43-48)23(4)22(25)3)44-28-9-10-29(45-32(28)30)46-13-11-24(12-14-46)47(15-26-34(49-5)39-18-40-35(26)50-6)16-27-36(51-7)41-19-42-37(27)52-8/h9-10,17-21,24,44H,11-16H2,1-8H3. The maximum atomic E-state index is 5.65. The molecule has 7 heterocycles. The molecule has 0 atom stereocenters. The van der Waals surface area contributed by atoms with Crippen LogP contribution in [0, 0.1) is 13.8 Å². The minimum absolute atomic E-state index is 0.173. The lowest BCUT2D eigenvalue weighted by Gasteiger charge is -2.39. The number of H-pyrrole nitrogens is 1. The van der Waals surface area contributed by atoms with Crippen molar-refractivity contribution >= 4 is 22.5 Å². The van der Waals surface area contributed by atoms with Gasteiger partial charge in [0.1, 0.15) is 24.8 Å². The van der Waals surface area contributed by atoms with Crippen molar-refractivity contribution in [1.29, 1.82) is 0 Å².